The average molecular weight is 184 g/mol. The third-order valence-corrected chi connectivity index (χ3v) is 3.36. The molecule has 0 aliphatic heterocycles. The largest absolute Gasteiger partial charge is 0.329 e. The lowest BCUT2D eigenvalue weighted by Crippen LogP contribution is -2.36. The van der Waals surface area contributed by atoms with E-state index in [9.17, 15) is 0 Å². The Labute approximate surface area is 82.3 Å². The molecule has 0 amide bonds. The summed E-state index contributed by atoms with van der Waals surface area (Å²) < 4.78 is 0. The van der Waals surface area contributed by atoms with Gasteiger partial charge in [-0.25, -0.2) is 0 Å². The second-order valence-corrected chi connectivity index (χ2v) is 4.94. The highest BCUT2D eigenvalue weighted by molar-refractivity contribution is 4.83. The summed E-state index contributed by atoms with van der Waals surface area (Å²) in [6.07, 6.45) is 5.73. The Bertz CT molecular complexity index is 137. The minimum atomic E-state index is 0.464. The standard InChI is InChI=1S/C11H24N2/c1-11(2,9-13-8-7-12)10-5-3-4-6-10/h10,13H,3-9,12H2,1-2H3. The number of nitrogens with two attached hydrogens (primary N) is 1. The van der Waals surface area contributed by atoms with Crippen molar-refractivity contribution in [1.82, 2.24) is 5.32 Å². The molecule has 1 rings (SSSR count). The van der Waals surface area contributed by atoms with Crippen molar-refractivity contribution in [2.75, 3.05) is 19.6 Å². The van der Waals surface area contributed by atoms with Crippen LogP contribution in [-0.4, -0.2) is 19.6 Å². The van der Waals surface area contributed by atoms with Gasteiger partial charge < -0.3 is 11.1 Å². The number of rotatable bonds is 5. The molecule has 0 aromatic carbocycles. The minimum absolute atomic E-state index is 0.464. The van der Waals surface area contributed by atoms with Crippen LogP contribution >= 0.6 is 0 Å². The number of hydrogen-bond acceptors (Lipinski definition) is 2. The summed E-state index contributed by atoms with van der Waals surface area (Å²) in [5.41, 5.74) is 5.91. The molecule has 0 radical (unpaired) electrons. The lowest BCUT2D eigenvalue weighted by Gasteiger charge is -2.31. The van der Waals surface area contributed by atoms with Crippen LogP contribution in [0.5, 0.6) is 0 Å². The summed E-state index contributed by atoms with van der Waals surface area (Å²) >= 11 is 0. The maximum atomic E-state index is 5.45. The molecule has 0 unspecified atom stereocenters. The van der Waals surface area contributed by atoms with E-state index < -0.39 is 0 Å². The van der Waals surface area contributed by atoms with E-state index in [1.807, 2.05) is 0 Å². The van der Waals surface area contributed by atoms with E-state index in [4.69, 9.17) is 5.73 Å². The SMILES string of the molecule is CC(C)(CNCCN)C1CCCC1. The van der Waals surface area contributed by atoms with E-state index in [0.29, 0.717) is 5.41 Å². The van der Waals surface area contributed by atoms with Crippen LogP contribution in [0.15, 0.2) is 0 Å². The van der Waals surface area contributed by atoms with Gasteiger partial charge in [0, 0.05) is 19.6 Å². The quantitative estimate of drug-likeness (QED) is 0.639. The van der Waals surface area contributed by atoms with Gasteiger partial charge >= 0.3 is 0 Å². The first-order chi connectivity index (χ1) is 6.17. The third kappa shape index (κ3) is 3.28. The average Bonchev–Trinajstić information content (AvgIpc) is 2.56. The van der Waals surface area contributed by atoms with E-state index in [1.165, 1.54) is 25.7 Å². The van der Waals surface area contributed by atoms with E-state index in [2.05, 4.69) is 19.2 Å². The van der Waals surface area contributed by atoms with Crippen LogP contribution in [0.2, 0.25) is 0 Å². The summed E-state index contributed by atoms with van der Waals surface area (Å²) in [5, 5.41) is 3.43. The first-order valence-corrected chi connectivity index (χ1v) is 5.57. The van der Waals surface area contributed by atoms with Crippen molar-refractivity contribution in [3.63, 3.8) is 0 Å². The summed E-state index contributed by atoms with van der Waals surface area (Å²) in [5.74, 6) is 0.928. The molecule has 0 aromatic rings. The van der Waals surface area contributed by atoms with E-state index in [0.717, 1.165) is 25.6 Å². The van der Waals surface area contributed by atoms with Gasteiger partial charge in [-0.1, -0.05) is 26.7 Å². The molecule has 78 valence electrons. The lowest BCUT2D eigenvalue weighted by atomic mass is 9.78. The lowest BCUT2D eigenvalue weighted by molar-refractivity contribution is 0.209. The van der Waals surface area contributed by atoms with Crippen LogP contribution in [0.3, 0.4) is 0 Å². The highest BCUT2D eigenvalue weighted by Gasteiger charge is 2.30. The number of hydrogen-bond donors (Lipinski definition) is 2. The van der Waals surface area contributed by atoms with Crippen molar-refractivity contribution >= 4 is 0 Å². The highest BCUT2D eigenvalue weighted by Crippen LogP contribution is 2.38. The van der Waals surface area contributed by atoms with Crippen LogP contribution in [0.1, 0.15) is 39.5 Å². The van der Waals surface area contributed by atoms with Gasteiger partial charge in [-0.15, -0.1) is 0 Å². The predicted molar refractivity (Wildman–Crippen MR) is 57.7 cm³/mol. The van der Waals surface area contributed by atoms with Gasteiger partial charge in [0.25, 0.3) is 0 Å². The fourth-order valence-electron chi connectivity index (χ4n) is 2.36. The second-order valence-electron chi connectivity index (χ2n) is 4.94. The number of nitrogens with one attached hydrogen (secondary N) is 1. The molecule has 0 bridgehead atoms. The van der Waals surface area contributed by atoms with Crippen LogP contribution in [0.4, 0.5) is 0 Å². The molecule has 0 aromatic heterocycles. The minimum Gasteiger partial charge on any atom is -0.329 e. The Morgan fingerprint density at radius 3 is 2.46 bits per heavy atom. The van der Waals surface area contributed by atoms with E-state index in [1.54, 1.807) is 0 Å². The van der Waals surface area contributed by atoms with E-state index >= 15 is 0 Å². The first kappa shape index (κ1) is 11.0. The fourth-order valence-corrected chi connectivity index (χ4v) is 2.36. The molecule has 2 nitrogen and oxygen atoms in total. The molecular weight excluding hydrogens is 160 g/mol. The summed E-state index contributed by atoms with van der Waals surface area (Å²) in [6, 6.07) is 0. The zero-order valence-corrected chi connectivity index (χ0v) is 9.10. The fraction of sp³-hybridized carbons (Fsp3) is 1.00. The monoisotopic (exact) mass is 184 g/mol. The highest BCUT2D eigenvalue weighted by atomic mass is 14.9. The molecule has 13 heavy (non-hydrogen) atoms. The van der Waals surface area contributed by atoms with Crippen molar-refractivity contribution in [3.05, 3.63) is 0 Å². The van der Waals surface area contributed by atoms with Gasteiger partial charge in [-0.05, 0) is 24.2 Å². The topological polar surface area (TPSA) is 38.0 Å². The maximum Gasteiger partial charge on any atom is 0.00747 e. The van der Waals surface area contributed by atoms with Gasteiger partial charge in [-0.3, -0.25) is 0 Å². The summed E-state index contributed by atoms with van der Waals surface area (Å²) in [6.45, 7) is 7.59. The van der Waals surface area contributed by atoms with Crippen molar-refractivity contribution in [2.45, 2.75) is 39.5 Å². The van der Waals surface area contributed by atoms with Crippen LogP contribution in [0, 0.1) is 11.3 Å². The van der Waals surface area contributed by atoms with Crippen molar-refractivity contribution in [1.29, 1.82) is 0 Å². The molecule has 1 saturated carbocycles. The van der Waals surface area contributed by atoms with Crippen LogP contribution < -0.4 is 11.1 Å². The van der Waals surface area contributed by atoms with Crippen molar-refractivity contribution in [3.8, 4) is 0 Å². The van der Waals surface area contributed by atoms with E-state index in [-0.39, 0.29) is 0 Å². The van der Waals surface area contributed by atoms with Gasteiger partial charge in [0.15, 0.2) is 0 Å². The Kier molecular flexibility index (Phi) is 4.20. The molecule has 1 fully saturated rings. The molecule has 0 spiro atoms. The van der Waals surface area contributed by atoms with Crippen LogP contribution in [-0.2, 0) is 0 Å². The molecule has 0 heterocycles. The molecule has 2 heteroatoms. The van der Waals surface area contributed by atoms with Gasteiger partial charge in [0.2, 0.25) is 0 Å². The first-order valence-electron chi connectivity index (χ1n) is 5.57. The predicted octanol–water partition coefficient (Wildman–Crippen LogP) is 1.75. The molecule has 3 N–H and O–H groups in total. The summed E-state index contributed by atoms with van der Waals surface area (Å²) in [7, 11) is 0. The molecule has 0 saturated heterocycles. The third-order valence-electron chi connectivity index (χ3n) is 3.36. The zero-order chi connectivity index (χ0) is 9.73. The molecule has 1 aliphatic carbocycles. The second kappa shape index (κ2) is 4.97. The normalized spacial score (nSPS) is 19.6. The van der Waals surface area contributed by atoms with Crippen molar-refractivity contribution in [2.24, 2.45) is 17.1 Å². The van der Waals surface area contributed by atoms with Crippen molar-refractivity contribution < 1.29 is 0 Å². The van der Waals surface area contributed by atoms with Gasteiger partial charge in [-0.2, -0.15) is 0 Å². The molecule has 0 atom stereocenters. The summed E-state index contributed by atoms with van der Waals surface area (Å²) in [4.78, 5) is 0. The molecule has 1 aliphatic rings. The zero-order valence-electron chi connectivity index (χ0n) is 9.10. The van der Waals surface area contributed by atoms with Gasteiger partial charge in [0.1, 0.15) is 0 Å². The Morgan fingerprint density at radius 2 is 1.92 bits per heavy atom. The smallest absolute Gasteiger partial charge is 0.00747 e. The van der Waals surface area contributed by atoms with Crippen LogP contribution in [0.25, 0.3) is 0 Å². The Balaban J connectivity index is 2.26. The molecular formula is C11H24N2. The Morgan fingerprint density at radius 1 is 1.31 bits per heavy atom. The van der Waals surface area contributed by atoms with Gasteiger partial charge in [0.05, 0.1) is 0 Å². The Hall–Kier alpha value is -0.0800. The maximum absolute atomic E-state index is 5.45.